The molecule has 35 heavy (non-hydrogen) atoms. The van der Waals surface area contributed by atoms with Crippen LogP contribution in [0.15, 0.2) is 53.4 Å². The van der Waals surface area contributed by atoms with E-state index in [2.05, 4.69) is 19.9 Å². The average molecular weight is 495 g/mol. The number of para-hydroxylation sites is 1. The summed E-state index contributed by atoms with van der Waals surface area (Å²) in [6, 6.07) is 14.4. The van der Waals surface area contributed by atoms with Gasteiger partial charge in [-0.15, -0.1) is 0 Å². The Morgan fingerprint density at radius 1 is 1.03 bits per heavy atom. The topological polar surface area (TPSA) is 75.5 Å². The molecule has 0 atom stereocenters. The van der Waals surface area contributed by atoms with Crippen LogP contribution in [0.3, 0.4) is 0 Å². The van der Waals surface area contributed by atoms with Crippen LogP contribution in [0.4, 0.5) is 0 Å². The van der Waals surface area contributed by atoms with E-state index >= 15 is 0 Å². The summed E-state index contributed by atoms with van der Waals surface area (Å²) in [5, 5.41) is 4.72. The molecule has 3 aromatic rings. The zero-order valence-corrected chi connectivity index (χ0v) is 22.0. The van der Waals surface area contributed by atoms with Gasteiger partial charge >= 0.3 is 0 Å². The van der Waals surface area contributed by atoms with Crippen LogP contribution in [0.25, 0.3) is 5.69 Å². The van der Waals surface area contributed by atoms with Crippen LogP contribution in [0.5, 0.6) is 0 Å². The average Bonchev–Trinajstić information content (AvgIpc) is 3.12. The summed E-state index contributed by atoms with van der Waals surface area (Å²) in [5.74, 6) is 0.385. The van der Waals surface area contributed by atoms with E-state index in [1.54, 1.807) is 40.5 Å². The normalized spacial score (nSPS) is 15.3. The van der Waals surface area contributed by atoms with Gasteiger partial charge in [0.15, 0.2) is 0 Å². The highest BCUT2D eigenvalue weighted by Crippen LogP contribution is 2.25. The molecular formula is C27H34N4O3S. The van der Waals surface area contributed by atoms with Gasteiger partial charge in [0.05, 0.1) is 16.3 Å². The van der Waals surface area contributed by atoms with Crippen molar-refractivity contribution in [1.82, 2.24) is 19.0 Å². The van der Waals surface area contributed by atoms with Crippen LogP contribution in [-0.2, 0) is 16.6 Å². The number of aryl methyl sites for hydroxylation is 2. The van der Waals surface area contributed by atoms with E-state index in [0.29, 0.717) is 31.1 Å². The van der Waals surface area contributed by atoms with E-state index in [1.807, 2.05) is 36.7 Å². The Hall–Kier alpha value is -2.97. The fourth-order valence-electron chi connectivity index (χ4n) is 4.61. The molecule has 1 aromatic heterocycles. The smallest absolute Gasteiger partial charge is 0.253 e. The number of hydrogen-bond donors (Lipinski definition) is 0. The molecule has 8 heteroatoms. The summed E-state index contributed by atoms with van der Waals surface area (Å²) in [7, 11) is -1.78. The van der Waals surface area contributed by atoms with Crippen molar-refractivity contribution < 1.29 is 13.2 Å². The first-order valence-corrected chi connectivity index (χ1v) is 13.5. The first-order chi connectivity index (χ1) is 16.6. The molecule has 7 nitrogen and oxygen atoms in total. The number of carbonyl (C=O) groups excluding carboxylic acids is 1. The van der Waals surface area contributed by atoms with Crippen molar-refractivity contribution in [2.24, 2.45) is 5.92 Å². The van der Waals surface area contributed by atoms with Crippen LogP contribution in [0.1, 0.15) is 52.6 Å². The molecule has 1 aliphatic heterocycles. The number of nitrogens with zero attached hydrogens (tertiary/aromatic N) is 4. The van der Waals surface area contributed by atoms with Gasteiger partial charge in [0.25, 0.3) is 5.91 Å². The van der Waals surface area contributed by atoms with Crippen molar-refractivity contribution in [2.75, 3.05) is 20.1 Å². The number of amides is 1. The molecule has 0 N–H and O–H groups in total. The maximum absolute atomic E-state index is 13.1. The minimum absolute atomic E-state index is 0.164. The summed E-state index contributed by atoms with van der Waals surface area (Å²) >= 11 is 0. The van der Waals surface area contributed by atoms with Crippen molar-refractivity contribution in [1.29, 1.82) is 0 Å². The molecule has 1 aliphatic rings. The Balaban J connectivity index is 1.49. The predicted octanol–water partition coefficient (Wildman–Crippen LogP) is 4.49. The summed E-state index contributed by atoms with van der Waals surface area (Å²) in [6.45, 7) is 9.67. The number of benzene rings is 2. The third-order valence-corrected chi connectivity index (χ3v) is 8.92. The molecule has 186 valence electrons. The Labute approximate surface area is 208 Å². The van der Waals surface area contributed by atoms with E-state index in [1.165, 1.54) is 0 Å². The van der Waals surface area contributed by atoms with Gasteiger partial charge in [-0.2, -0.15) is 9.40 Å². The van der Waals surface area contributed by atoms with E-state index in [9.17, 15) is 13.2 Å². The number of rotatable bonds is 6. The zero-order chi connectivity index (χ0) is 25.3. The highest BCUT2D eigenvalue weighted by atomic mass is 32.2. The molecule has 1 saturated heterocycles. The van der Waals surface area contributed by atoms with Crippen molar-refractivity contribution in [2.45, 2.75) is 52.0 Å². The number of sulfonamides is 1. The highest BCUT2D eigenvalue weighted by molar-refractivity contribution is 7.89. The van der Waals surface area contributed by atoms with Gasteiger partial charge in [-0.05, 0) is 75.4 Å². The predicted molar refractivity (Wildman–Crippen MR) is 137 cm³/mol. The monoisotopic (exact) mass is 494 g/mol. The molecule has 0 radical (unpaired) electrons. The number of hydrogen-bond acceptors (Lipinski definition) is 4. The second kappa shape index (κ2) is 9.95. The van der Waals surface area contributed by atoms with Crippen molar-refractivity contribution in [3.63, 3.8) is 0 Å². The van der Waals surface area contributed by atoms with Crippen LogP contribution in [0, 0.1) is 26.7 Å². The van der Waals surface area contributed by atoms with Crippen LogP contribution >= 0.6 is 0 Å². The zero-order valence-electron chi connectivity index (χ0n) is 21.2. The van der Waals surface area contributed by atoms with Gasteiger partial charge in [0, 0.05) is 43.5 Å². The van der Waals surface area contributed by atoms with E-state index in [-0.39, 0.29) is 10.8 Å². The second-order valence-corrected chi connectivity index (χ2v) is 11.6. The Morgan fingerprint density at radius 2 is 1.66 bits per heavy atom. The molecule has 0 bridgehead atoms. The largest absolute Gasteiger partial charge is 0.337 e. The highest BCUT2D eigenvalue weighted by Gasteiger charge is 2.28. The fraction of sp³-hybridized carbons (Fsp3) is 0.407. The molecule has 2 aromatic carbocycles. The first kappa shape index (κ1) is 25.1. The van der Waals surface area contributed by atoms with Crippen molar-refractivity contribution >= 4 is 15.9 Å². The summed E-state index contributed by atoms with van der Waals surface area (Å²) in [6.07, 6.45) is 1.75. The van der Waals surface area contributed by atoms with Gasteiger partial charge in [0.2, 0.25) is 10.0 Å². The number of carbonyl (C=O) groups is 1. The van der Waals surface area contributed by atoms with Gasteiger partial charge in [-0.3, -0.25) is 4.79 Å². The molecule has 0 aliphatic carbocycles. The Bertz CT molecular complexity index is 1320. The lowest BCUT2D eigenvalue weighted by Crippen LogP contribution is -2.37. The Morgan fingerprint density at radius 3 is 2.29 bits per heavy atom. The summed E-state index contributed by atoms with van der Waals surface area (Å²) in [4.78, 5) is 15.0. The van der Waals surface area contributed by atoms with Crippen LogP contribution < -0.4 is 0 Å². The molecule has 4 rings (SSSR count). The SMILES string of the molecule is Cc1ccccc1-n1nc(C)c(CN(C)C(=O)c2ccc(S(=O)(=O)N3CCC(C)CC3)cc2)c1C. The van der Waals surface area contributed by atoms with Crippen molar-refractivity contribution in [3.8, 4) is 5.69 Å². The van der Waals surface area contributed by atoms with Crippen LogP contribution in [-0.4, -0.2) is 53.4 Å². The van der Waals surface area contributed by atoms with Gasteiger partial charge in [-0.25, -0.2) is 13.1 Å². The third kappa shape index (κ3) is 5.04. The second-order valence-electron chi connectivity index (χ2n) is 9.62. The molecule has 0 unspecified atom stereocenters. The lowest BCUT2D eigenvalue weighted by atomic mass is 10.0. The van der Waals surface area contributed by atoms with E-state index < -0.39 is 10.0 Å². The molecule has 2 heterocycles. The molecule has 0 saturated carbocycles. The summed E-state index contributed by atoms with van der Waals surface area (Å²) < 4.78 is 29.5. The fourth-order valence-corrected chi connectivity index (χ4v) is 6.08. The molecular weight excluding hydrogens is 460 g/mol. The van der Waals surface area contributed by atoms with Crippen molar-refractivity contribution in [3.05, 3.63) is 76.6 Å². The molecule has 1 fully saturated rings. The van der Waals surface area contributed by atoms with Crippen LogP contribution in [0.2, 0.25) is 0 Å². The maximum Gasteiger partial charge on any atom is 0.253 e. The summed E-state index contributed by atoms with van der Waals surface area (Å²) in [5.41, 5.74) is 5.48. The molecule has 0 spiro atoms. The minimum atomic E-state index is -3.54. The molecule has 1 amide bonds. The quantitative estimate of drug-likeness (QED) is 0.506. The lowest BCUT2D eigenvalue weighted by molar-refractivity contribution is 0.0784. The van der Waals surface area contributed by atoms with Gasteiger partial charge in [-0.1, -0.05) is 25.1 Å². The maximum atomic E-state index is 13.1. The standard InChI is InChI=1S/C27H34N4O3S/c1-19-14-16-30(17-15-19)35(33,34)24-12-10-23(11-13-24)27(32)29(5)18-25-21(3)28-31(22(25)4)26-9-7-6-8-20(26)2/h6-13,19H,14-18H2,1-5H3. The third-order valence-electron chi connectivity index (χ3n) is 7.01. The van der Waals surface area contributed by atoms with E-state index in [4.69, 9.17) is 5.10 Å². The first-order valence-electron chi connectivity index (χ1n) is 12.1. The number of piperidine rings is 1. The van der Waals surface area contributed by atoms with Gasteiger partial charge in [0.1, 0.15) is 0 Å². The minimum Gasteiger partial charge on any atom is -0.337 e. The Kier molecular flexibility index (Phi) is 7.15. The van der Waals surface area contributed by atoms with Gasteiger partial charge < -0.3 is 4.90 Å². The van der Waals surface area contributed by atoms with E-state index in [0.717, 1.165) is 41.0 Å². The lowest BCUT2D eigenvalue weighted by Gasteiger charge is -2.29. The number of aromatic nitrogens is 2.